The minimum atomic E-state index is -0.616. The van der Waals surface area contributed by atoms with Crippen LogP contribution in [0.15, 0.2) is 16.6 Å². The van der Waals surface area contributed by atoms with Gasteiger partial charge in [-0.25, -0.2) is 4.39 Å². The topological polar surface area (TPSA) is 63.4 Å². The van der Waals surface area contributed by atoms with Crippen LogP contribution in [0, 0.1) is 21.8 Å². The Morgan fingerprint density at radius 3 is 2.76 bits per heavy atom. The predicted octanol–water partition coefficient (Wildman–Crippen LogP) is 2.81. The molecule has 4 nitrogen and oxygen atoms in total. The van der Waals surface area contributed by atoms with Crippen LogP contribution in [-0.2, 0) is 6.42 Å². The van der Waals surface area contributed by atoms with Gasteiger partial charge in [-0.3, -0.25) is 10.1 Å². The monoisotopic (exact) mass is 303 g/mol. The predicted molar refractivity (Wildman–Crippen MR) is 63.2 cm³/mol. The van der Waals surface area contributed by atoms with Gasteiger partial charge in [-0.15, -0.1) is 0 Å². The maximum atomic E-state index is 13.3. The summed E-state index contributed by atoms with van der Waals surface area (Å²) >= 11 is 2.91. The lowest BCUT2D eigenvalue weighted by molar-refractivity contribution is -0.385. The van der Waals surface area contributed by atoms with Crippen LogP contribution in [0.5, 0.6) is 0 Å². The van der Waals surface area contributed by atoms with Crippen LogP contribution in [0.3, 0.4) is 0 Å². The molecule has 2 rings (SSSR count). The molecule has 92 valence electrons. The van der Waals surface area contributed by atoms with Crippen LogP contribution in [0.25, 0.3) is 0 Å². The lowest BCUT2D eigenvalue weighted by atomic mass is 10.0. The number of nitro groups is 1. The van der Waals surface area contributed by atoms with E-state index in [-0.39, 0.29) is 28.1 Å². The SMILES string of the molecule is O=[N+]([O-])c1cc(Br)c(F)cc1CC(O)C1CC1. The standard InChI is InChI=1S/C11H11BrFNO3/c12-8-5-10(14(16)17)7(3-9(8)13)4-11(15)6-1-2-6/h3,5-6,11,15H,1-2,4H2. The van der Waals surface area contributed by atoms with Crippen molar-refractivity contribution >= 4 is 21.6 Å². The summed E-state index contributed by atoms with van der Waals surface area (Å²) in [6.07, 6.45) is 1.39. The Morgan fingerprint density at radius 1 is 1.59 bits per heavy atom. The van der Waals surface area contributed by atoms with Crippen LogP contribution in [0.4, 0.5) is 10.1 Å². The zero-order chi connectivity index (χ0) is 12.6. The Morgan fingerprint density at radius 2 is 2.24 bits per heavy atom. The van der Waals surface area contributed by atoms with E-state index in [1.807, 2.05) is 0 Å². The number of halogens is 2. The molecular formula is C11H11BrFNO3. The maximum Gasteiger partial charge on any atom is 0.274 e. The molecule has 0 amide bonds. The molecule has 1 aromatic carbocycles. The van der Waals surface area contributed by atoms with Crippen molar-refractivity contribution in [2.24, 2.45) is 5.92 Å². The van der Waals surface area contributed by atoms with Crippen LogP contribution in [0.2, 0.25) is 0 Å². The van der Waals surface area contributed by atoms with E-state index >= 15 is 0 Å². The summed E-state index contributed by atoms with van der Waals surface area (Å²) in [6, 6.07) is 2.26. The van der Waals surface area contributed by atoms with Gasteiger partial charge in [-0.2, -0.15) is 0 Å². The Labute approximate surface area is 106 Å². The molecule has 17 heavy (non-hydrogen) atoms. The molecule has 1 atom stereocenters. The summed E-state index contributed by atoms with van der Waals surface area (Å²) in [5, 5.41) is 20.6. The lowest BCUT2D eigenvalue weighted by Gasteiger charge is -2.10. The van der Waals surface area contributed by atoms with Gasteiger partial charge in [0.25, 0.3) is 5.69 Å². The van der Waals surface area contributed by atoms with Gasteiger partial charge in [0.15, 0.2) is 0 Å². The first-order valence-corrected chi connectivity index (χ1v) is 6.08. The van der Waals surface area contributed by atoms with Crippen LogP contribution >= 0.6 is 15.9 Å². The van der Waals surface area contributed by atoms with Crippen LogP contribution in [0.1, 0.15) is 18.4 Å². The zero-order valence-electron chi connectivity index (χ0n) is 8.90. The number of nitrogens with zero attached hydrogens (tertiary/aromatic N) is 1. The molecule has 0 heterocycles. The van der Waals surface area contributed by atoms with Gasteiger partial charge in [0.05, 0.1) is 15.5 Å². The summed E-state index contributed by atoms with van der Waals surface area (Å²) in [4.78, 5) is 10.3. The number of aliphatic hydroxyl groups is 1. The number of aliphatic hydroxyl groups excluding tert-OH is 1. The van der Waals surface area contributed by atoms with Gasteiger partial charge in [0.1, 0.15) is 5.82 Å². The van der Waals surface area contributed by atoms with E-state index < -0.39 is 16.8 Å². The summed E-state index contributed by atoms with van der Waals surface area (Å²) in [5.41, 5.74) is 0.0908. The Bertz CT molecular complexity index is 462. The molecule has 0 saturated heterocycles. The Balaban J connectivity index is 2.29. The van der Waals surface area contributed by atoms with Crippen molar-refractivity contribution in [2.75, 3.05) is 0 Å². The third kappa shape index (κ3) is 2.81. The first-order valence-electron chi connectivity index (χ1n) is 5.29. The highest BCUT2D eigenvalue weighted by Gasteiger charge is 2.31. The molecule has 1 aliphatic rings. The highest BCUT2D eigenvalue weighted by Crippen LogP contribution is 2.36. The van der Waals surface area contributed by atoms with Crippen molar-refractivity contribution < 1.29 is 14.4 Å². The first kappa shape index (κ1) is 12.4. The second kappa shape index (κ2) is 4.70. The van der Waals surface area contributed by atoms with Gasteiger partial charge < -0.3 is 5.11 Å². The van der Waals surface area contributed by atoms with Crippen LogP contribution < -0.4 is 0 Å². The van der Waals surface area contributed by atoms with Gasteiger partial charge in [-0.1, -0.05) is 0 Å². The van der Waals surface area contributed by atoms with Gasteiger partial charge in [0.2, 0.25) is 0 Å². The largest absolute Gasteiger partial charge is 0.392 e. The molecule has 0 aromatic heterocycles. The molecule has 1 fully saturated rings. The van der Waals surface area contributed by atoms with Crippen molar-refractivity contribution in [1.82, 2.24) is 0 Å². The molecule has 1 aromatic rings. The lowest BCUT2D eigenvalue weighted by Crippen LogP contribution is -2.14. The number of benzene rings is 1. The summed E-state index contributed by atoms with van der Waals surface area (Å²) in [7, 11) is 0. The van der Waals surface area contributed by atoms with E-state index in [0.29, 0.717) is 0 Å². The first-order chi connectivity index (χ1) is 7.99. The van der Waals surface area contributed by atoms with Crippen LogP contribution in [-0.4, -0.2) is 16.1 Å². The van der Waals surface area contributed by atoms with Gasteiger partial charge in [0, 0.05) is 18.1 Å². The van der Waals surface area contributed by atoms with E-state index in [4.69, 9.17) is 0 Å². The number of hydrogen-bond donors (Lipinski definition) is 1. The zero-order valence-corrected chi connectivity index (χ0v) is 10.5. The Kier molecular flexibility index (Phi) is 3.44. The van der Waals surface area contributed by atoms with Crippen molar-refractivity contribution in [3.8, 4) is 0 Å². The van der Waals surface area contributed by atoms with E-state index in [2.05, 4.69) is 15.9 Å². The number of nitro benzene ring substituents is 1. The molecule has 0 aliphatic heterocycles. The number of hydrogen-bond acceptors (Lipinski definition) is 3. The van der Waals surface area contributed by atoms with E-state index in [1.54, 1.807) is 0 Å². The molecule has 0 bridgehead atoms. The van der Waals surface area contributed by atoms with Gasteiger partial charge >= 0.3 is 0 Å². The van der Waals surface area contributed by atoms with Crippen molar-refractivity contribution in [1.29, 1.82) is 0 Å². The third-order valence-corrected chi connectivity index (χ3v) is 3.52. The smallest absolute Gasteiger partial charge is 0.274 e. The highest BCUT2D eigenvalue weighted by atomic mass is 79.9. The quantitative estimate of drug-likeness (QED) is 0.687. The molecule has 1 N–H and O–H groups in total. The summed E-state index contributed by atoms with van der Waals surface area (Å²) in [6.45, 7) is 0. The fourth-order valence-electron chi connectivity index (χ4n) is 1.78. The minimum absolute atomic E-state index is 0.0638. The average molecular weight is 304 g/mol. The summed E-state index contributed by atoms with van der Waals surface area (Å²) < 4.78 is 13.4. The minimum Gasteiger partial charge on any atom is -0.392 e. The molecule has 6 heteroatoms. The third-order valence-electron chi connectivity index (χ3n) is 2.91. The van der Waals surface area contributed by atoms with Crippen molar-refractivity contribution in [3.63, 3.8) is 0 Å². The van der Waals surface area contributed by atoms with E-state index in [1.165, 1.54) is 0 Å². The molecule has 0 spiro atoms. The summed E-state index contributed by atoms with van der Waals surface area (Å²) in [5.74, 6) is -0.338. The van der Waals surface area contributed by atoms with E-state index in [9.17, 15) is 19.6 Å². The maximum absolute atomic E-state index is 13.3. The average Bonchev–Trinajstić information content (AvgIpc) is 3.06. The van der Waals surface area contributed by atoms with E-state index in [0.717, 1.165) is 25.0 Å². The fraction of sp³-hybridized carbons (Fsp3) is 0.455. The second-order valence-electron chi connectivity index (χ2n) is 4.26. The van der Waals surface area contributed by atoms with Crippen molar-refractivity contribution in [3.05, 3.63) is 38.1 Å². The second-order valence-corrected chi connectivity index (χ2v) is 5.12. The van der Waals surface area contributed by atoms with Gasteiger partial charge in [-0.05, 0) is 40.8 Å². The fourth-order valence-corrected chi connectivity index (χ4v) is 2.12. The number of rotatable bonds is 4. The molecule has 0 radical (unpaired) electrons. The molecule has 1 aliphatic carbocycles. The molecule has 1 unspecified atom stereocenters. The Hall–Kier alpha value is -1.01. The normalized spacial score (nSPS) is 16.9. The highest BCUT2D eigenvalue weighted by molar-refractivity contribution is 9.10. The molecular weight excluding hydrogens is 293 g/mol. The van der Waals surface area contributed by atoms with Crippen molar-refractivity contribution in [2.45, 2.75) is 25.4 Å². The molecule has 1 saturated carbocycles.